The molecule has 2 spiro atoms. The number of ether oxygens (including phenoxy) is 3. The first-order valence-corrected chi connectivity index (χ1v) is 9.76. The molecule has 25 heavy (non-hydrogen) atoms. The third-order valence-corrected chi connectivity index (χ3v) is 8.46. The molecular formula is C20H28O5. The van der Waals surface area contributed by atoms with Gasteiger partial charge in [-0.3, -0.25) is 0 Å². The normalized spacial score (nSPS) is 53.6. The first-order valence-electron chi connectivity index (χ1n) is 9.76. The van der Waals surface area contributed by atoms with Gasteiger partial charge in [-0.25, -0.2) is 4.79 Å². The van der Waals surface area contributed by atoms with Gasteiger partial charge in [0.1, 0.15) is 12.2 Å². The summed E-state index contributed by atoms with van der Waals surface area (Å²) in [5.74, 6) is 0.777. The number of esters is 1. The van der Waals surface area contributed by atoms with E-state index >= 15 is 0 Å². The van der Waals surface area contributed by atoms with E-state index in [1.165, 1.54) is 0 Å². The standard InChI is InChI=1S/C20H28O5/c1-12-5-8-19-14(3-4-15-20(19,25-15)11-24-17(19)22)18(12,2)7-6-13-9-16(21)23-10-13/h9,12,14-15,17,22H,3-8,10-11H2,1-2H3. The Bertz CT molecular complexity index is 644. The fourth-order valence-corrected chi connectivity index (χ4v) is 6.75. The second-order valence-corrected chi connectivity index (χ2v) is 9.19. The Hall–Kier alpha value is -0.910. The fraction of sp³-hybridized carbons (Fsp3) is 0.850. The summed E-state index contributed by atoms with van der Waals surface area (Å²) in [6, 6.07) is 0. The molecule has 4 fully saturated rings. The molecule has 3 heterocycles. The Balaban J connectivity index is 1.46. The van der Waals surface area contributed by atoms with Gasteiger partial charge in [-0.2, -0.15) is 0 Å². The summed E-state index contributed by atoms with van der Waals surface area (Å²) in [7, 11) is 0. The Morgan fingerprint density at radius 1 is 1.32 bits per heavy atom. The molecule has 0 aromatic rings. The van der Waals surface area contributed by atoms with Crippen LogP contribution in [0.1, 0.15) is 52.4 Å². The van der Waals surface area contributed by atoms with Gasteiger partial charge in [-0.15, -0.1) is 0 Å². The van der Waals surface area contributed by atoms with Crippen LogP contribution < -0.4 is 0 Å². The van der Waals surface area contributed by atoms with Crippen molar-refractivity contribution in [3.8, 4) is 0 Å². The van der Waals surface area contributed by atoms with Crippen molar-refractivity contribution < 1.29 is 24.1 Å². The summed E-state index contributed by atoms with van der Waals surface area (Å²) in [5, 5.41) is 10.9. The zero-order chi connectivity index (χ0) is 17.4. The summed E-state index contributed by atoms with van der Waals surface area (Å²) in [4.78, 5) is 11.4. The Morgan fingerprint density at radius 2 is 2.16 bits per heavy atom. The predicted octanol–water partition coefficient (Wildman–Crippen LogP) is 2.57. The van der Waals surface area contributed by atoms with Crippen LogP contribution in [0.15, 0.2) is 11.6 Å². The molecule has 5 rings (SSSR count). The van der Waals surface area contributed by atoms with Gasteiger partial charge in [0.05, 0.1) is 18.1 Å². The lowest BCUT2D eigenvalue weighted by molar-refractivity contribution is -0.197. The van der Waals surface area contributed by atoms with Gasteiger partial charge in [0.25, 0.3) is 0 Å². The number of epoxide rings is 1. The van der Waals surface area contributed by atoms with Crippen molar-refractivity contribution >= 4 is 5.97 Å². The van der Waals surface area contributed by atoms with E-state index in [1.807, 2.05) is 0 Å². The summed E-state index contributed by atoms with van der Waals surface area (Å²) in [6.07, 6.45) is 7.42. The van der Waals surface area contributed by atoms with Crippen molar-refractivity contribution in [3.63, 3.8) is 0 Å². The van der Waals surface area contributed by atoms with E-state index in [0.29, 0.717) is 25.0 Å². The van der Waals surface area contributed by atoms with Crippen molar-refractivity contribution in [2.75, 3.05) is 13.2 Å². The maximum absolute atomic E-state index is 11.4. The zero-order valence-corrected chi connectivity index (χ0v) is 15.1. The number of hydrogen-bond donors (Lipinski definition) is 1. The third kappa shape index (κ3) is 1.92. The Morgan fingerprint density at radius 3 is 2.92 bits per heavy atom. The molecule has 5 aliphatic rings. The largest absolute Gasteiger partial charge is 0.458 e. The molecule has 5 heteroatoms. The molecule has 1 N–H and O–H groups in total. The highest BCUT2D eigenvalue weighted by molar-refractivity contribution is 5.85. The van der Waals surface area contributed by atoms with Gasteiger partial charge in [0, 0.05) is 6.08 Å². The Labute approximate surface area is 148 Å². The van der Waals surface area contributed by atoms with Crippen LogP contribution in [0.2, 0.25) is 0 Å². The molecule has 0 amide bonds. The minimum absolute atomic E-state index is 0.114. The van der Waals surface area contributed by atoms with Crippen molar-refractivity contribution in [3.05, 3.63) is 11.6 Å². The zero-order valence-electron chi connectivity index (χ0n) is 15.1. The highest BCUT2D eigenvalue weighted by Gasteiger charge is 2.81. The molecule has 0 aromatic carbocycles. The molecule has 2 saturated heterocycles. The van der Waals surface area contributed by atoms with Gasteiger partial charge >= 0.3 is 5.97 Å². The molecule has 0 aromatic heterocycles. The number of carbonyl (C=O) groups excluding carboxylic acids is 1. The molecule has 7 unspecified atom stereocenters. The minimum atomic E-state index is -0.703. The SMILES string of the molecule is CC1CCC23C(O)OCC24OC4CCC3C1(C)CCC1=CC(=O)OC1. The number of hydrogen-bond acceptors (Lipinski definition) is 5. The van der Waals surface area contributed by atoms with Crippen molar-refractivity contribution in [1.82, 2.24) is 0 Å². The maximum Gasteiger partial charge on any atom is 0.331 e. The highest BCUT2D eigenvalue weighted by Crippen LogP contribution is 2.73. The summed E-state index contributed by atoms with van der Waals surface area (Å²) < 4.78 is 17.0. The van der Waals surface area contributed by atoms with E-state index in [2.05, 4.69) is 13.8 Å². The topological polar surface area (TPSA) is 68.3 Å². The van der Waals surface area contributed by atoms with Gasteiger partial charge < -0.3 is 19.3 Å². The first-order chi connectivity index (χ1) is 11.9. The van der Waals surface area contributed by atoms with E-state index < -0.39 is 6.29 Å². The number of aliphatic hydroxyl groups is 1. The van der Waals surface area contributed by atoms with E-state index in [4.69, 9.17) is 14.2 Å². The lowest BCUT2D eigenvalue weighted by atomic mass is 9.44. The predicted molar refractivity (Wildman–Crippen MR) is 89.5 cm³/mol. The van der Waals surface area contributed by atoms with Crippen LogP contribution in [-0.2, 0) is 19.0 Å². The van der Waals surface area contributed by atoms with E-state index in [-0.39, 0.29) is 28.5 Å². The average molecular weight is 348 g/mol. The third-order valence-electron chi connectivity index (χ3n) is 8.46. The molecule has 0 radical (unpaired) electrons. The molecule has 2 saturated carbocycles. The lowest BCUT2D eigenvalue weighted by Gasteiger charge is -2.59. The smallest absolute Gasteiger partial charge is 0.331 e. The number of aliphatic hydroxyl groups excluding tert-OH is 1. The molecule has 3 aliphatic heterocycles. The quantitative estimate of drug-likeness (QED) is 0.627. The van der Waals surface area contributed by atoms with Crippen LogP contribution in [0.4, 0.5) is 0 Å². The van der Waals surface area contributed by atoms with Crippen LogP contribution in [0, 0.1) is 22.7 Å². The average Bonchev–Trinajstić information content (AvgIpc) is 3.08. The number of cyclic esters (lactones) is 1. The van der Waals surface area contributed by atoms with E-state index in [1.54, 1.807) is 6.08 Å². The molecule has 138 valence electrons. The van der Waals surface area contributed by atoms with Gasteiger partial charge in [-0.05, 0) is 61.3 Å². The lowest BCUT2D eigenvalue weighted by Crippen LogP contribution is -2.60. The van der Waals surface area contributed by atoms with Crippen molar-refractivity contribution in [2.24, 2.45) is 22.7 Å². The maximum atomic E-state index is 11.4. The monoisotopic (exact) mass is 348 g/mol. The second-order valence-electron chi connectivity index (χ2n) is 9.19. The number of carbonyl (C=O) groups is 1. The molecule has 2 aliphatic carbocycles. The Kier molecular flexibility index (Phi) is 3.31. The van der Waals surface area contributed by atoms with Crippen LogP contribution in [0.5, 0.6) is 0 Å². The summed E-state index contributed by atoms with van der Waals surface area (Å²) in [5.41, 5.74) is 0.742. The molecule has 5 nitrogen and oxygen atoms in total. The van der Waals surface area contributed by atoms with Gasteiger partial charge in [0.15, 0.2) is 6.29 Å². The summed E-state index contributed by atoms with van der Waals surface area (Å²) in [6.45, 7) is 5.74. The molecule has 7 atom stereocenters. The molecular weight excluding hydrogens is 320 g/mol. The molecule has 0 bridgehead atoms. The second kappa shape index (κ2) is 5.08. The fourth-order valence-electron chi connectivity index (χ4n) is 6.75. The summed E-state index contributed by atoms with van der Waals surface area (Å²) >= 11 is 0. The van der Waals surface area contributed by atoms with Crippen LogP contribution in [0.3, 0.4) is 0 Å². The van der Waals surface area contributed by atoms with Gasteiger partial charge in [-0.1, -0.05) is 13.8 Å². The van der Waals surface area contributed by atoms with Crippen molar-refractivity contribution in [1.29, 1.82) is 0 Å². The van der Waals surface area contributed by atoms with Crippen LogP contribution in [-0.4, -0.2) is 42.3 Å². The van der Waals surface area contributed by atoms with Gasteiger partial charge in [0.2, 0.25) is 0 Å². The highest BCUT2D eigenvalue weighted by atomic mass is 16.7. The minimum Gasteiger partial charge on any atom is -0.458 e. The number of rotatable bonds is 3. The van der Waals surface area contributed by atoms with E-state index in [9.17, 15) is 9.90 Å². The van der Waals surface area contributed by atoms with Crippen LogP contribution >= 0.6 is 0 Å². The van der Waals surface area contributed by atoms with E-state index in [0.717, 1.165) is 44.1 Å². The van der Waals surface area contributed by atoms with Crippen molar-refractivity contribution in [2.45, 2.75) is 70.4 Å². The first kappa shape index (κ1) is 16.3. The van der Waals surface area contributed by atoms with Crippen LogP contribution in [0.25, 0.3) is 0 Å².